The number of nitrogens with zero attached hydrogens (tertiary/aromatic N) is 6. The highest BCUT2D eigenvalue weighted by atomic mass is 19.1. The number of ether oxygens (including phenoxy) is 1. The molecule has 3 heterocycles. The molecule has 5 rings (SSSR count). The van der Waals surface area contributed by atoms with Crippen LogP contribution in [-0.2, 0) is 13.6 Å². The molecule has 0 radical (unpaired) electrons. The van der Waals surface area contributed by atoms with E-state index < -0.39 is 5.82 Å². The van der Waals surface area contributed by atoms with E-state index in [0.29, 0.717) is 34.5 Å². The molecule has 9 heteroatoms. The number of fused-ring (bicyclic) bond motifs is 1. The van der Waals surface area contributed by atoms with Gasteiger partial charge in [-0.1, -0.05) is 44.2 Å². The Bertz CT molecular complexity index is 1600. The van der Waals surface area contributed by atoms with E-state index in [-0.39, 0.29) is 12.2 Å². The van der Waals surface area contributed by atoms with E-state index in [1.807, 2.05) is 24.3 Å². The fraction of sp³-hybridized carbons (Fsp3) is 0.231. The number of imidazole rings is 1. The Labute approximate surface area is 201 Å². The molecule has 0 aliphatic rings. The van der Waals surface area contributed by atoms with Crippen molar-refractivity contribution in [3.63, 3.8) is 0 Å². The largest absolute Gasteiger partial charge is 0.480 e. The lowest BCUT2D eigenvalue weighted by Gasteiger charge is -2.12. The van der Waals surface area contributed by atoms with Crippen LogP contribution in [0.4, 0.5) is 4.39 Å². The molecule has 0 amide bonds. The first-order valence-corrected chi connectivity index (χ1v) is 11.3. The van der Waals surface area contributed by atoms with Gasteiger partial charge in [0.15, 0.2) is 11.5 Å². The van der Waals surface area contributed by atoms with Crippen LogP contribution in [0, 0.1) is 11.2 Å². The monoisotopic (exact) mass is 471 g/mol. The second-order valence-corrected chi connectivity index (χ2v) is 8.70. The predicted octanol–water partition coefficient (Wildman–Crippen LogP) is 4.42. The molecule has 3 aromatic heterocycles. The summed E-state index contributed by atoms with van der Waals surface area (Å²) in [6.07, 6.45) is 3.39. The van der Waals surface area contributed by atoms with Crippen LogP contribution >= 0.6 is 0 Å². The van der Waals surface area contributed by atoms with Gasteiger partial charge in [0.25, 0.3) is 0 Å². The molecule has 0 aliphatic heterocycles. The topological polar surface area (TPSA) is 86.5 Å². The van der Waals surface area contributed by atoms with E-state index in [1.54, 1.807) is 40.7 Å². The molecule has 0 bridgehead atoms. The van der Waals surface area contributed by atoms with Gasteiger partial charge >= 0.3 is 0 Å². The lowest BCUT2D eigenvalue weighted by Crippen LogP contribution is -2.23. The number of aryl methyl sites for hydroxylation is 1. The highest BCUT2D eigenvalue weighted by molar-refractivity contribution is 5.74. The minimum atomic E-state index is -0.415. The van der Waals surface area contributed by atoms with Gasteiger partial charge in [-0.3, -0.25) is 9.98 Å². The Hall–Kier alpha value is -4.27. The third kappa shape index (κ3) is 3.99. The highest BCUT2D eigenvalue weighted by Gasteiger charge is 2.16. The Morgan fingerprint density at radius 2 is 1.91 bits per heavy atom. The lowest BCUT2D eigenvalue weighted by atomic mass is 9.97. The molecule has 35 heavy (non-hydrogen) atoms. The first-order chi connectivity index (χ1) is 16.9. The van der Waals surface area contributed by atoms with Gasteiger partial charge in [0, 0.05) is 24.9 Å². The summed E-state index contributed by atoms with van der Waals surface area (Å²) in [5, 5.41) is 12.8. The van der Waals surface area contributed by atoms with Crippen molar-refractivity contribution in [3.05, 3.63) is 83.5 Å². The predicted molar refractivity (Wildman–Crippen MR) is 131 cm³/mol. The molecule has 5 aromatic rings. The van der Waals surface area contributed by atoms with E-state index in [2.05, 4.69) is 30.0 Å². The second-order valence-electron chi connectivity index (χ2n) is 8.70. The Morgan fingerprint density at radius 1 is 1.11 bits per heavy atom. The van der Waals surface area contributed by atoms with Crippen molar-refractivity contribution in [1.29, 1.82) is 5.41 Å². The number of methoxy groups -OCH3 is 1. The summed E-state index contributed by atoms with van der Waals surface area (Å²) in [6, 6.07) is 14.7. The van der Waals surface area contributed by atoms with Crippen LogP contribution in [0.2, 0.25) is 0 Å². The van der Waals surface area contributed by atoms with E-state index in [1.165, 1.54) is 17.9 Å². The quantitative estimate of drug-likeness (QED) is 0.397. The lowest BCUT2D eigenvalue weighted by molar-refractivity contribution is 0.394. The van der Waals surface area contributed by atoms with Gasteiger partial charge < -0.3 is 9.30 Å². The number of halogens is 1. The van der Waals surface area contributed by atoms with Gasteiger partial charge in [-0.25, -0.2) is 19.0 Å². The highest BCUT2D eigenvalue weighted by Crippen LogP contribution is 2.27. The molecule has 178 valence electrons. The van der Waals surface area contributed by atoms with Crippen molar-refractivity contribution < 1.29 is 9.13 Å². The normalized spacial score (nSPS) is 11.5. The van der Waals surface area contributed by atoms with Crippen molar-refractivity contribution in [2.45, 2.75) is 26.3 Å². The maximum Gasteiger partial charge on any atom is 0.232 e. The van der Waals surface area contributed by atoms with Crippen LogP contribution in [0.15, 0.2) is 60.9 Å². The van der Waals surface area contributed by atoms with E-state index in [0.717, 1.165) is 16.6 Å². The van der Waals surface area contributed by atoms with Gasteiger partial charge in [-0.05, 0) is 29.2 Å². The van der Waals surface area contributed by atoms with Crippen LogP contribution in [0.3, 0.4) is 0 Å². The third-order valence-corrected chi connectivity index (χ3v) is 6.14. The minimum Gasteiger partial charge on any atom is -0.480 e. The summed E-state index contributed by atoms with van der Waals surface area (Å²) < 4.78 is 25.0. The zero-order valence-electron chi connectivity index (χ0n) is 20.0. The maximum absolute atomic E-state index is 15.0. The van der Waals surface area contributed by atoms with E-state index >= 15 is 0 Å². The van der Waals surface area contributed by atoms with Crippen LogP contribution in [0.1, 0.15) is 30.9 Å². The standard InChI is InChI=1S/C26H26FN7O/c1-16(2)18-7-5-6-8-19(18)24-29-14-22-25(30-24)33(26(28)32(22)3)15-17-9-10-21(20(27)13-17)34-12-11-23(31-34)35-4/h5-14,16,28H,15H2,1-4H3. The summed E-state index contributed by atoms with van der Waals surface area (Å²) in [5.74, 6) is 0.918. The average Bonchev–Trinajstić information content (AvgIpc) is 3.43. The summed E-state index contributed by atoms with van der Waals surface area (Å²) in [4.78, 5) is 9.46. The Balaban J connectivity index is 1.56. The van der Waals surface area contributed by atoms with E-state index in [9.17, 15) is 4.39 Å². The van der Waals surface area contributed by atoms with Crippen LogP contribution < -0.4 is 10.4 Å². The van der Waals surface area contributed by atoms with Crippen molar-refractivity contribution in [1.82, 2.24) is 28.9 Å². The maximum atomic E-state index is 15.0. The van der Waals surface area contributed by atoms with E-state index in [4.69, 9.17) is 15.1 Å². The van der Waals surface area contributed by atoms with Gasteiger partial charge in [-0.15, -0.1) is 5.10 Å². The summed E-state index contributed by atoms with van der Waals surface area (Å²) in [5.41, 5.74) is 4.78. The van der Waals surface area contributed by atoms with Crippen molar-refractivity contribution in [2.24, 2.45) is 7.05 Å². The van der Waals surface area contributed by atoms with Crippen LogP contribution in [0.5, 0.6) is 5.88 Å². The van der Waals surface area contributed by atoms with Gasteiger partial charge in [-0.2, -0.15) is 0 Å². The first-order valence-electron chi connectivity index (χ1n) is 11.3. The molecule has 0 saturated heterocycles. The van der Waals surface area contributed by atoms with Gasteiger partial charge in [0.2, 0.25) is 11.5 Å². The molecule has 0 unspecified atom stereocenters. The molecule has 0 aliphatic carbocycles. The SMILES string of the molecule is COc1ccn(-c2ccc(Cn3c(=N)n(C)c4cnc(-c5ccccc5C(C)C)nc43)cc2F)n1. The Morgan fingerprint density at radius 3 is 2.63 bits per heavy atom. The summed E-state index contributed by atoms with van der Waals surface area (Å²) >= 11 is 0. The number of nitrogens with one attached hydrogen (secondary N) is 1. The van der Waals surface area contributed by atoms with Crippen molar-refractivity contribution in [2.75, 3.05) is 7.11 Å². The van der Waals surface area contributed by atoms with Gasteiger partial charge in [0.05, 0.1) is 19.9 Å². The Kier molecular flexibility index (Phi) is 5.68. The third-order valence-electron chi connectivity index (χ3n) is 6.14. The molecule has 2 aromatic carbocycles. The molecular formula is C26H26FN7O. The van der Waals surface area contributed by atoms with Crippen molar-refractivity contribution in [3.8, 4) is 23.0 Å². The number of benzene rings is 2. The molecular weight excluding hydrogens is 445 g/mol. The molecule has 0 spiro atoms. The zero-order chi connectivity index (χ0) is 24.7. The molecule has 8 nitrogen and oxygen atoms in total. The number of hydrogen-bond donors (Lipinski definition) is 1. The fourth-order valence-electron chi connectivity index (χ4n) is 4.25. The number of hydrogen-bond acceptors (Lipinski definition) is 5. The molecule has 0 saturated carbocycles. The second kappa shape index (κ2) is 8.83. The van der Waals surface area contributed by atoms with Crippen LogP contribution in [0.25, 0.3) is 28.2 Å². The summed E-state index contributed by atoms with van der Waals surface area (Å²) in [6.45, 7) is 4.57. The number of rotatable bonds is 6. The van der Waals surface area contributed by atoms with Crippen molar-refractivity contribution >= 4 is 11.2 Å². The van der Waals surface area contributed by atoms with Crippen LogP contribution in [-0.4, -0.2) is 36.0 Å². The zero-order valence-corrected chi connectivity index (χ0v) is 20.0. The smallest absolute Gasteiger partial charge is 0.232 e. The summed E-state index contributed by atoms with van der Waals surface area (Å²) in [7, 11) is 3.32. The molecule has 1 N–H and O–H groups in total. The fourth-order valence-corrected chi connectivity index (χ4v) is 4.25. The molecule has 0 fully saturated rings. The minimum absolute atomic E-state index is 0.255. The average molecular weight is 472 g/mol. The first kappa shape index (κ1) is 22.5. The van der Waals surface area contributed by atoms with Gasteiger partial charge in [0.1, 0.15) is 17.0 Å². The molecule has 0 atom stereocenters. The number of aromatic nitrogens is 6.